The minimum absolute atomic E-state index is 0.0855. The Morgan fingerprint density at radius 3 is 2.57 bits per heavy atom. The summed E-state index contributed by atoms with van der Waals surface area (Å²) in [5.74, 6) is -2.03. The molecule has 2 fully saturated rings. The quantitative estimate of drug-likeness (QED) is 0.431. The van der Waals surface area contributed by atoms with Gasteiger partial charge in [-0.2, -0.15) is 0 Å². The topological polar surface area (TPSA) is 128 Å². The zero-order valence-electron chi connectivity index (χ0n) is 16.3. The van der Waals surface area contributed by atoms with Crippen LogP contribution in [0.2, 0.25) is 0 Å². The lowest BCUT2D eigenvalue weighted by Crippen LogP contribution is -2.50. The SMILES string of the molecule is CC(=O)N[C@@H](CNC(=O)[C@@H]1CCCN(C(=O)/C=C/C2CCNCC2)C1)C(=O)O. The molecular weight excluding hydrogens is 364 g/mol. The van der Waals surface area contributed by atoms with E-state index in [1.54, 1.807) is 11.0 Å². The Labute approximate surface area is 164 Å². The second kappa shape index (κ2) is 10.8. The van der Waals surface area contributed by atoms with Crippen LogP contribution in [0, 0.1) is 11.8 Å². The number of carbonyl (C=O) groups excluding carboxylic acids is 3. The van der Waals surface area contributed by atoms with Gasteiger partial charge in [-0.15, -0.1) is 0 Å². The minimum atomic E-state index is -1.21. The predicted molar refractivity (Wildman–Crippen MR) is 102 cm³/mol. The van der Waals surface area contributed by atoms with E-state index in [-0.39, 0.29) is 24.3 Å². The molecule has 0 aromatic rings. The predicted octanol–water partition coefficient (Wildman–Crippen LogP) is -0.514. The molecule has 0 radical (unpaired) electrons. The smallest absolute Gasteiger partial charge is 0.328 e. The molecule has 2 aliphatic rings. The number of carboxylic acid groups (broad SMARTS) is 1. The summed E-state index contributed by atoms with van der Waals surface area (Å²) in [6.45, 7) is 3.89. The van der Waals surface area contributed by atoms with Gasteiger partial charge in [0.2, 0.25) is 17.7 Å². The minimum Gasteiger partial charge on any atom is -0.480 e. The molecule has 0 bridgehead atoms. The molecule has 4 N–H and O–H groups in total. The maximum absolute atomic E-state index is 12.5. The number of hydrogen-bond acceptors (Lipinski definition) is 5. The first kappa shape index (κ1) is 21.9. The van der Waals surface area contributed by atoms with Crippen LogP contribution in [-0.4, -0.2) is 72.5 Å². The van der Waals surface area contributed by atoms with Gasteiger partial charge < -0.3 is 26.0 Å². The molecule has 9 nitrogen and oxygen atoms in total. The number of carboxylic acids is 1. The summed E-state index contributed by atoms with van der Waals surface area (Å²) in [7, 11) is 0. The molecule has 0 aliphatic carbocycles. The fourth-order valence-corrected chi connectivity index (χ4v) is 3.54. The highest BCUT2D eigenvalue weighted by molar-refractivity contribution is 5.89. The molecule has 0 unspecified atom stereocenters. The van der Waals surface area contributed by atoms with Crippen LogP contribution in [0.5, 0.6) is 0 Å². The number of carbonyl (C=O) groups is 4. The van der Waals surface area contributed by atoms with Crippen LogP contribution in [0.1, 0.15) is 32.6 Å². The lowest BCUT2D eigenvalue weighted by atomic mass is 9.96. The third kappa shape index (κ3) is 6.95. The third-order valence-electron chi connectivity index (χ3n) is 5.15. The highest BCUT2D eigenvalue weighted by atomic mass is 16.4. The van der Waals surface area contributed by atoms with E-state index in [2.05, 4.69) is 16.0 Å². The van der Waals surface area contributed by atoms with Crippen molar-refractivity contribution in [3.05, 3.63) is 12.2 Å². The molecule has 2 saturated heterocycles. The molecule has 156 valence electrons. The summed E-state index contributed by atoms with van der Waals surface area (Å²) in [5.41, 5.74) is 0. The van der Waals surface area contributed by atoms with Crippen LogP contribution < -0.4 is 16.0 Å². The second-order valence-corrected chi connectivity index (χ2v) is 7.41. The fourth-order valence-electron chi connectivity index (χ4n) is 3.54. The molecule has 0 aromatic heterocycles. The van der Waals surface area contributed by atoms with E-state index in [1.807, 2.05) is 6.08 Å². The van der Waals surface area contributed by atoms with Gasteiger partial charge in [-0.1, -0.05) is 6.08 Å². The number of nitrogens with zero attached hydrogens (tertiary/aromatic N) is 1. The Balaban J connectivity index is 1.83. The summed E-state index contributed by atoms with van der Waals surface area (Å²) in [4.78, 5) is 48.7. The van der Waals surface area contributed by atoms with Crippen molar-refractivity contribution in [2.24, 2.45) is 11.8 Å². The van der Waals surface area contributed by atoms with Gasteiger partial charge in [-0.05, 0) is 50.8 Å². The molecular formula is C19H30N4O5. The first-order valence-corrected chi connectivity index (χ1v) is 9.82. The van der Waals surface area contributed by atoms with Gasteiger partial charge in [0.15, 0.2) is 0 Å². The molecule has 0 saturated carbocycles. The molecule has 3 amide bonds. The fraction of sp³-hybridized carbons (Fsp3) is 0.684. The maximum atomic E-state index is 12.5. The molecule has 0 aromatic carbocycles. The average molecular weight is 394 g/mol. The number of aliphatic carboxylic acids is 1. The largest absolute Gasteiger partial charge is 0.480 e. The van der Waals surface area contributed by atoms with Crippen LogP contribution in [0.25, 0.3) is 0 Å². The Hall–Kier alpha value is -2.42. The number of hydrogen-bond donors (Lipinski definition) is 4. The van der Waals surface area contributed by atoms with Gasteiger partial charge >= 0.3 is 5.97 Å². The van der Waals surface area contributed by atoms with Crippen molar-refractivity contribution in [2.75, 3.05) is 32.7 Å². The Bertz CT molecular complexity index is 615. The van der Waals surface area contributed by atoms with Crippen molar-refractivity contribution < 1.29 is 24.3 Å². The van der Waals surface area contributed by atoms with E-state index >= 15 is 0 Å². The van der Waals surface area contributed by atoms with Gasteiger partial charge in [0.1, 0.15) is 6.04 Å². The zero-order chi connectivity index (χ0) is 20.5. The van der Waals surface area contributed by atoms with Crippen molar-refractivity contribution in [3.8, 4) is 0 Å². The Morgan fingerprint density at radius 1 is 1.21 bits per heavy atom. The summed E-state index contributed by atoms with van der Waals surface area (Å²) in [6.07, 6.45) is 7.00. The third-order valence-corrected chi connectivity index (χ3v) is 5.15. The first-order valence-electron chi connectivity index (χ1n) is 9.82. The molecule has 9 heteroatoms. The number of rotatable bonds is 7. The summed E-state index contributed by atoms with van der Waals surface area (Å²) < 4.78 is 0. The number of amides is 3. The monoisotopic (exact) mass is 394 g/mol. The zero-order valence-corrected chi connectivity index (χ0v) is 16.3. The number of allylic oxidation sites excluding steroid dienone is 1. The molecule has 2 rings (SSSR count). The van der Waals surface area contributed by atoms with E-state index < -0.39 is 17.9 Å². The normalized spacial score (nSPS) is 21.9. The summed E-state index contributed by atoms with van der Waals surface area (Å²) in [5, 5.41) is 17.2. The van der Waals surface area contributed by atoms with Crippen molar-refractivity contribution in [1.82, 2.24) is 20.9 Å². The number of nitrogens with one attached hydrogen (secondary N) is 3. The molecule has 28 heavy (non-hydrogen) atoms. The number of piperidine rings is 2. The van der Waals surface area contributed by atoms with Crippen molar-refractivity contribution in [1.29, 1.82) is 0 Å². The molecule has 2 heterocycles. The lowest BCUT2D eigenvalue weighted by molar-refractivity contribution is -0.141. The van der Waals surface area contributed by atoms with E-state index in [4.69, 9.17) is 5.11 Å². The maximum Gasteiger partial charge on any atom is 0.328 e. The van der Waals surface area contributed by atoms with E-state index in [0.717, 1.165) is 32.4 Å². The van der Waals surface area contributed by atoms with Gasteiger partial charge in [0, 0.05) is 26.6 Å². The average Bonchev–Trinajstić information content (AvgIpc) is 2.69. The summed E-state index contributed by atoms with van der Waals surface area (Å²) in [6, 6.07) is -1.17. The molecule has 2 aliphatic heterocycles. The standard InChI is InChI=1S/C19H30N4O5/c1-13(24)22-16(19(27)28)11-21-18(26)15-3-2-10-23(12-15)17(25)5-4-14-6-8-20-9-7-14/h4-5,14-16,20H,2-3,6-12H2,1H3,(H,21,26)(H,22,24)(H,27,28)/b5-4+/t15-,16+/m1/s1. The highest BCUT2D eigenvalue weighted by Crippen LogP contribution is 2.18. The number of likely N-dealkylation sites (tertiary alicyclic amines) is 1. The van der Waals surface area contributed by atoms with Gasteiger partial charge in [-0.25, -0.2) is 4.79 Å². The van der Waals surface area contributed by atoms with Crippen LogP contribution in [0.3, 0.4) is 0 Å². The van der Waals surface area contributed by atoms with Crippen molar-refractivity contribution >= 4 is 23.7 Å². The lowest BCUT2D eigenvalue weighted by Gasteiger charge is -2.31. The highest BCUT2D eigenvalue weighted by Gasteiger charge is 2.29. The van der Waals surface area contributed by atoms with Crippen LogP contribution in [-0.2, 0) is 19.2 Å². The Kier molecular flexibility index (Phi) is 8.43. The van der Waals surface area contributed by atoms with E-state index in [9.17, 15) is 19.2 Å². The van der Waals surface area contributed by atoms with E-state index in [0.29, 0.717) is 25.4 Å². The van der Waals surface area contributed by atoms with Crippen LogP contribution in [0.15, 0.2) is 12.2 Å². The van der Waals surface area contributed by atoms with Gasteiger partial charge in [0.05, 0.1) is 5.92 Å². The van der Waals surface area contributed by atoms with Crippen molar-refractivity contribution in [2.45, 2.75) is 38.6 Å². The van der Waals surface area contributed by atoms with Crippen LogP contribution in [0.4, 0.5) is 0 Å². The van der Waals surface area contributed by atoms with Gasteiger partial charge in [0.25, 0.3) is 0 Å². The van der Waals surface area contributed by atoms with Crippen molar-refractivity contribution in [3.63, 3.8) is 0 Å². The van der Waals surface area contributed by atoms with E-state index in [1.165, 1.54) is 6.92 Å². The second-order valence-electron chi connectivity index (χ2n) is 7.41. The Morgan fingerprint density at radius 2 is 1.93 bits per heavy atom. The van der Waals surface area contributed by atoms with Crippen LogP contribution >= 0.6 is 0 Å². The summed E-state index contributed by atoms with van der Waals surface area (Å²) >= 11 is 0. The van der Waals surface area contributed by atoms with Gasteiger partial charge in [-0.3, -0.25) is 14.4 Å². The molecule has 2 atom stereocenters. The first-order chi connectivity index (χ1) is 13.4. The molecule has 0 spiro atoms.